The molecule has 2 aromatic carbocycles. The van der Waals surface area contributed by atoms with Crippen LogP contribution in [0.1, 0.15) is 30.9 Å². The number of halogens is 1. The third-order valence-electron chi connectivity index (χ3n) is 3.74. The van der Waals surface area contributed by atoms with E-state index in [1.165, 1.54) is 0 Å². The highest BCUT2D eigenvalue weighted by Crippen LogP contribution is 2.37. The van der Waals surface area contributed by atoms with Gasteiger partial charge in [-0.25, -0.2) is 4.79 Å². The second-order valence-electron chi connectivity index (χ2n) is 5.49. The van der Waals surface area contributed by atoms with Crippen LogP contribution < -0.4 is 0 Å². The molecule has 0 aromatic heterocycles. The smallest absolute Gasteiger partial charge is 0.403 e. The first-order valence-corrected chi connectivity index (χ1v) is 8.98. The Morgan fingerprint density at radius 1 is 1.32 bits per heavy atom. The molecule has 5 nitrogen and oxygen atoms in total. The normalized spacial score (nSPS) is 11.8. The van der Waals surface area contributed by atoms with E-state index in [4.69, 9.17) is 16.3 Å². The van der Waals surface area contributed by atoms with E-state index in [1.54, 1.807) is 24.8 Å². The van der Waals surface area contributed by atoms with Crippen molar-refractivity contribution < 1.29 is 14.5 Å². The Morgan fingerprint density at radius 3 is 2.56 bits per heavy atom. The summed E-state index contributed by atoms with van der Waals surface area (Å²) in [5.74, 6) is -0.343. The van der Waals surface area contributed by atoms with Crippen LogP contribution in [0.2, 0.25) is 0 Å². The van der Waals surface area contributed by atoms with Crippen molar-refractivity contribution in [2.45, 2.75) is 36.0 Å². The molecule has 0 spiro atoms. The first-order valence-electron chi connectivity index (χ1n) is 7.78. The number of carbonyl (C=O) groups excluding carboxylic acids is 1. The largest absolute Gasteiger partial charge is 0.453 e. The standard InChI is InChI=1S/C18H18ClNO4S/c1-3-13-9-16(20(22)23)15(12(2)11-24-18(19)21)10-17(13)25-14-7-5-4-6-8-14/h4-10,12H,3,11H2,1-2H3. The van der Waals surface area contributed by atoms with Gasteiger partial charge in [0.1, 0.15) is 0 Å². The number of nitro groups is 1. The van der Waals surface area contributed by atoms with Crippen molar-refractivity contribution in [1.29, 1.82) is 0 Å². The van der Waals surface area contributed by atoms with Crippen molar-refractivity contribution in [3.63, 3.8) is 0 Å². The summed E-state index contributed by atoms with van der Waals surface area (Å²) in [6.07, 6.45) is 0.682. The molecule has 0 saturated carbocycles. The number of aryl methyl sites for hydroxylation is 1. The van der Waals surface area contributed by atoms with Gasteiger partial charge in [-0.15, -0.1) is 0 Å². The molecular weight excluding hydrogens is 362 g/mol. The number of rotatable bonds is 7. The van der Waals surface area contributed by atoms with Crippen molar-refractivity contribution in [3.8, 4) is 0 Å². The third-order valence-corrected chi connectivity index (χ3v) is 4.95. The number of benzene rings is 2. The zero-order valence-electron chi connectivity index (χ0n) is 13.9. The van der Waals surface area contributed by atoms with Crippen molar-refractivity contribution >= 4 is 34.5 Å². The van der Waals surface area contributed by atoms with Crippen LogP contribution in [-0.2, 0) is 11.2 Å². The summed E-state index contributed by atoms with van der Waals surface area (Å²) in [5, 5.41) is 11.5. The molecule has 0 amide bonds. The van der Waals surface area contributed by atoms with E-state index in [1.807, 2.05) is 43.3 Å². The van der Waals surface area contributed by atoms with Crippen LogP contribution in [0.15, 0.2) is 52.3 Å². The zero-order valence-corrected chi connectivity index (χ0v) is 15.5. The molecule has 2 rings (SSSR count). The van der Waals surface area contributed by atoms with Crippen LogP contribution in [0, 0.1) is 10.1 Å². The van der Waals surface area contributed by atoms with Crippen LogP contribution in [0.4, 0.5) is 10.5 Å². The fourth-order valence-corrected chi connectivity index (χ4v) is 3.58. The van der Waals surface area contributed by atoms with E-state index < -0.39 is 10.4 Å². The van der Waals surface area contributed by atoms with Gasteiger partial charge in [0.15, 0.2) is 0 Å². The van der Waals surface area contributed by atoms with Crippen LogP contribution in [0.3, 0.4) is 0 Å². The summed E-state index contributed by atoms with van der Waals surface area (Å²) in [4.78, 5) is 23.9. The quantitative estimate of drug-likeness (QED) is 0.346. The highest BCUT2D eigenvalue weighted by Gasteiger charge is 2.23. The third kappa shape index (κ3) is 5.21. The number of carbonyl (C=O) groups is 1. The Bertz CT molecular complexity index is 767. The van der Waals surface area contributed by atoms with Gasteiger partial charge in [-0.2, -0.15) is 0 Å². The van der Waals surface area contributed by atoms with Gasteiger partial charge in [0.25, 0.3) is 5.69 Å². The Balaban J connectivity index is 2.43. The Kier molecular flexibility index (Phi) is 6.84. The average Bonchev–Trinajstić information content (AvgIpc) is 2.60. The Hall–Kier alpha value is -2.05. The SMILES string of the molecule is CCc1cc([N+](=O)[O-])c(C(C)COC(=O)Cl)cc1Sc1ccccc1. The molecule has 2 aromatic rings. The molecule has 0 aliphatic rings. The summed E-state index contributed by atoms with van der Waals surface area (Å²) >= 11 is 6.76. The lowest BCUT2D eigenvalue weighted by molar-refractivity contribution is -0.385. The highest BCUT2D eigenvalue weighted by atomic mass is 35.5. The molecule has 25 heavy (non-hydrogen) atoms. The van der Waals surface area contributed by atoms with Gasteiger partial charge in [0, 0.05) is 38.9 Å². The first-order chi connectivity index (χ1) is 11.9. The van der Waals surface area contributed by atoms with Gasteiger partial charge >= 0.3 is 5.43 Å². The second-order valence-corrected chi connectivity index (χ2v) is 6.92. The van der Waals surface area contributed by atoms with E-state index in [0.717, 1.165) is 15.4 Å². The maximum Gasteiger partial charge on any atom is 0.403 e. The average molecular weight is 380 g/mol. The van der Waals surface area contributed by atoms with E-state index in [9.17, 15) is 14.9 Å². The van der Waals surface area contributed by atoms with Gasteiger partial charge < -0.3 is 4.74 Å². The van der Waals surface area contributed by atoms with Crippen LogP contribution in [0.25, 0.3) is 0 Å². The number of hydrogen-bond donors (Lipinski definition) is 0. The molecule has 0 heterocycles. The van der Waals surface area contributed by atoms with Gasteiger partial charge in [0.2, 0.25) is 0 Å². The molecule has 0 saturated heterocycles. The lowest BCUT2D eigenvalue weighted by Gasteiger charge is -2.15. The molecule has 0 aliphatic heterocycles. The van der Waals surface area contributed by atoms with Crippen molar-refractivity contribution in [1.82, 2.24) is 0 Å². The van der Waals surface area contributed by atoms with E-state index >= 15 is 0 Å². The summed E-state index contributed by atoms with van der Waals surface area (Å²) in [6.45, 7) is 3.72. The minimum atomic E-state index is -0.918. The number of ether oxygens (including phenoxy) is 1. The number of hydrogen-bond acceptors (Lipinski definition) is 5. The topological polar surface area (TPSA) is 69.4 Å². The molecule has 7 heteroatoms. The summed E-state index contributed by atoms with van der Waals surface area (Å²) in [5.41, 5.74) is 0.551. The summed E-state index contributed by atoms with van der Waals surface area (Å²) in [7, 11) is 0. The van der Waals surface area contributed by atoms with Gasteiger partial charge in [-0.05, 0) is 30.2 Å². The van der Waals surface area contributed by atoms with Crippen molar-refractivity contribution in [3.05, 3.63) is 63.7 Å². The minimum Gasteiger partial charge on any atom is -0.453 e. The molecule has 132 valence electrons. The fraction of sp³-hybridized carbons (Fsp3) is 0.278. The zero-order chi connectivity index (χ0) is 18.4. The van der Waals surface area contributed by atoms with E-state index in [0.29, 0.717) is 12.0 Å². The predicted octanol–water partition coefficient (Wildman–Crippen LogP) is 5.79. The van der Waals surface area contributed by atoms with Crippen LogP contribution >= 0.6 is 23.4 Å². The first kappa shape index (κ1) is 19.3. The molecule has 0 fully saturated rings. The monoisotopic (exact) mass is 379 g/mol. The molecule has 0 aliphatic carbocycles. The highest BCUT2D eigenvalue weighted by molar-refractivity contribution is 7.99. The summed E-state index contributed by atoms with van der Waals surface area (Å²) in [6, 6.07) is 13.2. The molecule has 0 bridgehead atoms. The van der Waals surface area contributed by atoms with E-state index in [2.05, 4.69) is 0 Å². The summed E-state index contributed by atoms with van der Waals surface area (Å²) < 4.78 is 4.80. The maximum atomic E-state index is 11.5. The van der Waals surface area contributed by atoms with Gasteiger partial charge in [-0.3, -0.25) is 10.1 Å². The fourth-order valence-electron chi connectivity index (χ4n) is 2.45. The Morgan fingerprint density at radius 2 is 2.00 bits per heavy atom. The second kappa shape index (κ2) is 8.87. The lowest BCUT2D eigenvalue weighted by Crippen LogP contribution is -2.09. The van der Waals surface area contributed by atoms with Crippen LogP contribution in [0.5, 0.6) is 0 Å². The molecule has 1 unspecified atom stereocenters. The number of nitro benzene ring substituents is 1. The van der Waals surface area contributed by atoms with Crippen LogP contribution in [-0.4, -0.2) is 17.0 Å². The minimum absolute atomic E-state index is 0.00983. The lowest BCUT2D eigenvalue weighted by atomic mass is 9.97. The molecular formula is C18H18ClNO4S. The van der Waals surface area contributed by atoms with E-state index in [-0.39, 0.29) is 18.2 Å². The van der Waals surface area contributed by atoms with Crippen molar-refractivity contribution in [2.24, 2.45) is 0 Å². The number of nitrogens with zero attached hydrogens (tertiary/aromatic N) is 1. The molecule has 0 N–H and O–H groups in total. The molecule has 0 radical (unpaired) electrons. The van der Waals surface area contributed by atoms with Gasteiger partial charge in [0.05, 0.1) is 11.5 Å². The van der Waals surface area contributed by atoms with Gasteiger partial charge in [-0.1, -0.05) is 43.8 Å². The predicted molar refractivity (Wildman–Crippen MR) is 98.7 cm³/mol. The molecule has 1 atom stereocenters. The Labute approximate surface area is 155 Å². The van der Waals surface area contributed by atoms with Crippen molar-refractivity contribution in [2.75, 3.05) is 6.61 Å². The maximum absolute atomic E-state index is 11.5.